The third-order valence-electron chi connectivity index (χ3n) is 1.82. The van der Waals surface area contributed by atoms with Crippen LogP contribution in [0.15, 0.2) is 6.20 Å². The summed E-state index contributed by atoms with van der Waals surface area (Å²) in [5.74, 6) is 0.604. The number of rotatable bonds is 4. The number of hydrogen-bond donors (Lipinski definition) is 1. The molecule has 78 valence electrons. The van der Waals surface area contributed by atoms with Crippen molar-refractivity contribution >= 4 is 29.0 Å². The second-order valence-electron chi connectivity index (χ2n) is 3.17. The minimum absolute atomic E-state index is 0.209. The lowest BCUT2D eigenvalue weighted by atomic mass is 10.2. The van der Waals surface area contributed by atoms with Crippen LogP contribution in [-0.4, -0.2) is 16.0 Å². The molecule has 1 aromatic rings. The van der Waals surface area contributed by atoms with Crippen LogP contribution in [0, 0.1) is 0 Å². The van der Waals surface area contributed by atoms with E-state index in [2.05, 4.69) is 29.1 Å². The minimum atomic E-state index is 0.209. The van der Waals surface area contributed by atoms with Gasteiger partial charge >= 0.3 is 0 Å². The van der Waals surface area contributed by atoms with Crippen LogP contribution in [0.4, 0.5) is 5.82 Å². The lowest BCUT2D eigenvalue weighted by molar-refractivity contribution is 0.687. The Labute approximate surface area is 93.9 Å². The number of nitrogens with zero attached hydrogens (tertiary/aromatic N) is 2. The van der Waals surface area contributed by atoms with Gasteiger partial charge in [-0.25, -0.2) is 4.98 Å². The van der Waals surface area contributed by atoms with Crippen LogP contribution in [0.1, 0.15) is 26.7 Å². The first kappa shape index (κ1) is 11.5. The van der Waals surface area contributed by atoms with Gasteiger partial charge in [0.25, 0.3) is 0 Å². The summed E-state index contributed by atoms with van der Waals surface area (Å²) < 4.78 is 0. The quantitative estimate of drug-likeness (QED) is 0.811. The van der Waals surface area contributed by atoms with E-state index in [4.69, 9.17) is 23.2 Å². The summed E-state index contributed by atoms with van der Waals surface area (Å²) in [6.45, 7) is 4.21. The van der Waals surface area contributed by atoms with E-state index in [9.17, 15) is 0 Å². The number of aromatic nitrogens is 2. The van der Waals surface area contributed by atoms with Gasteiger partial charge in [0, 0.05) is 6.04 Å². The van der Waals surface area contributed by atoms with Crippen LogP contribution in [0.5, 0.6) is 0 Å². The van der Waals surface area contributed by atoms with Crippen LogP contribution >= 0.6 is 23.2 Å². The summed E-state index contributed by atoms with van der Waals surface area (Å²) in [6.07, 6.45) is 3.68. The molecular weight excluding hydrogens is 221 g/mol. The van der Waals surface area contributed by atoms with E-state index in [-0.39, 0.29) is 5.28 Å². The summed E-state index contributed by atoms with van der Waals surface area (Å²) >= 11 is 11.6. The Hall–Kier alpha value is -0.540. The Kier molecular flexibility index (Phi) is 4.42. The summed E-state index contributed by atoms with van der Waals surface area (Å²) in [5.41, 5.74) is 0. The molecule has 0 aliphatic heterocycles. The molecule has 5 heteroatoms. The van der Waals surface area contributed by atoms with Crippen molar-refractivity contribution in [3.05, 3.63) is 16.5 Å². The van der Waals surface area contributed by atoms with Gasteiger partial charge in [-0.05, 0) is 24.9 Å². The highest BCUT2D eigenvalue weighted by molar-refractivity contribution is 6.33. The fraction of sp³-hybridized carbons (Fsp3) is 0.556. The van der Waals surface area contributed by atoms with E-state index in [1.807, 2.05) is 0 Å². The second-order valence-corrected chi connectivity index (χ2v) is 3.91. The maximum atomic E-state index is 5.89. The third-order valence-corrected chi connectivity index (χ3v) is 2.28. The number of nitrogens with one attached hydrogen (secondary N) is 1. The first-order chi connectivity index (χ1) is 6.63. The monoisotopic (exact) mass is 233 g/mol. The molecule has 0 radical (unpaired) electrons. The SMILES string of the molecule is CCCC(C)Nc1nc(Cl)ncc1Cl. The van der Waals surface area contributed by atoms with E-state index in [0.29, 0.717) is 16.9 Å². The molecule has 1 aromatic heterocycles. The van der Waals surface area contributed by atoms with Crippen molar-refractivity contribution in [1.29, 1.82) is 0 Å². The van der Waals surface area contributed by atoms with E-state index in [1.54, 1.807) is 0 Å². The fourth-order valence-electron chi connectivity index (χ4n) is 1.19. The van der Waals surface area contributed by atoms with Crippen LogP contribution in [0.25, 0.3) is 0 Å². The summed E-state index contributed by atoms with van der Waals surface area (Å²) in [4.78, 5) is 7.78. The molecule has 0 aliphatic rings. The highest BCUT2D eigenvalue weighted by atomic mass is 35.5. The van der Waals surface area contributed by atoms with Crippen molar-refractivity contribution in [2.24, 2.45) is 0 Å². The molecular formula is C9H13Cl2N3. The van der Waals surface area contributed by atoms with Crippen LogP contribution in [0.3, 0.4) is 0 Å². The van der Waals surface area contributed by atoms with Crippen LogP contribution < -0.4 is 5.32 Å². The van der Waals surface area contributed by atoms with E-state index in [1.165, 1.54) is 6.20 Å². The predicted octanol–water partition coefficient (Wildman–Crippen LogP) is 3.38. The van der Waals surface area contributed by atoms with Crippen molar-refractivity contribution < 1.29 is 0 Å². The average molecular weight is 234 g/mol. The number of halogens is 2. The average Bonchev–Trinajstić information content (AvgIpc) is 2.12. The molecule has 0 bridgehead atoms. The van der Waals surface area contributed by atoms with E-state index < -0.39 is 0 Å². The molecule has 0 saturated heterocycles. The van der Waals surface area contributed by atoms with Crippen molar-refractivity contribution in [3.63, 3.8) is 0 Å². The predicted molar refractivity (Wildman–Crippen MR) is 60.0 cm³/mol. The van der Waals surface area contributed by atoms with E-state index in [0.717, 1.165) is 12.8 Å². The summed E-state index contributed by atoms with van der Waals surface area (Å²) in [5, 5.41) is 3.89. The zero-order chi connectivity index (χ0) is 10.6. The maximum Gasteiger partial charge on any atom is 0.224 e. The van der Waals surface area contributed by atoms with Gasteiger partial charge in [-0.2, -0.15) is 4.98 Å². The molecule has 1 heterocycles. The lowest BCUT2D eigenvalue weighted by Crippen LogP contribution is -2.16. The first-order valence-corrected chi connectivity index (χ1v) is 5.33. The Balaban J connectivity index is 2.70. The largest absolute Gasteiger partial charge is 0.366 e. The Bertz CT molecular complexity index is 304. The van der Waals surface area contributed by atoms with Crippen molar-refractivity contribution in [1.82, 2.24) is 9.97 Å². The molecule has 0 saturated carbocycles. The van der Waals surface area contributed by atoms with Crippen molar-refractivity contribution in [2.45, 2.75) is 32.7 Å². The van der Waals surface area contributed by atoms with Crippen LogP contribution in [0.2, 0.25) is 10.3 Å². The molecule has 14 heavy (non-hydrogen) atoms. The molecule has 0 amide bonds. The molecule has 1 unspecified atom stereocenters. The van der Waals surface area contributed by atoms with Gasteiger partial charge in [-0.1, -0.05) is 24.9 Å². The van der Waals surface area contributed by atoms with Crippen molar-refractivity contribution in [2.75, 3.05) is 5.32 Å². The number of hydrogen-bond acceptors (Lipinski definition) is 3. The van der Waals surface area contributed by atoms with Crippen LogP contribution in [-0.2, 0) is 0 Å². The Morgan fingerprint density at radius 3 is 2.86 bits per heavy atom. The highest BCUT2D eigenvalue weighted by Gasteiger charge is 2.07. The Morgan fingerprint density at radius 2 is 2.21 bits per heavy atom. The second kappa shape index (κ2) is 5.37. The standard InChI is InChI=1S/C9H13Cl2N3/c1-3-4-6(2)13-8-7(10)5-12-9(11)14-8/h5-6H,3-4H2,1-2H3,(H,12,13,14). The van der Waals surface area contributed by atoms with E-state index >= 15 is 0 Å². The summed E-state index contributed by atoms with van der Waals surface area (Å²) in [6, 6.07) is 0.337. The van der Waals surface area contributed by atoms with Gasteiger partial charge in [0.15, 0.2) is 0 Å². The molecule has 1 rings (SSSR count). The molecule has 0 aromatic carbocycles. The van der Waals surface area contributed by atoms with Crippen molar-refractivity contribution in [3.8, 4) is 0 Å². The van der Waals surface area contributed by atoms with Gasteiger partial charge in [-0.15, -0.1) is 0 Å². The first-order valence-electron chi connectivity index (χ1n) is 4.58. The van der Waals surface area contributed by atoms with Gasteiger partial charge < -0.3 is 5.32 Å². The maximum absolute atomic E-state index is 5.89. The smallest absolute Gasteiger partial charge is 0.224 e. The molecule has 0 aliphatic carbocycles. The zero-order valence-electron chi connectivity index (χ0n) is 8.22. The Morgan fingerprint density at radius 1 is 1.50 bits per heavy atom. The van der Waals surface area contributed by atoms with Gasteiger partial charge in [0.2, 0.25) is 5.28 Å². The number of anilines is 1. The fourth-order valence-corrected chi connectivity index (χ4v) is 1.46. The highest BCUT2D eigenvalue weighted by Crippen LogP contribution is 2.20. The zero-order valence-corrected chi connectivity index (χ0v) is 9.73. The molecule has 1 N–H and O–H groups in total. The minimum Gasteiger partial charge on any atom is -0.366 e. The topological polar surface area (TPSA) is 37.8 Å². The van der Waals surface area contributed by atoms with Gasteiger partial charge in [-0.3, -0.25) is 0 Å². The van der Waals surface area contributed by atoms with Gasteiger partial charge in [0.05, 0.1) is 6.20 Å². The third kappa shape index (κ3) is 3.31. The molecule has 0 fully saturated rings. The normalized spacial score (nSPS) is 12.6. The molecule has 0 spiro atoms. The molecule has 3 nitrogen and oxygen atoms in total. The van der Waals surface area contributed by atoms with Gasteiger partial charge in [0.1, 0.15) is 10.8 Å². The molecule has 1 atom stereocenters. The lowest BCUT2D eigenvalue weighted by Gasteiger charge is -2.13. The summed E-state index contributed by atoms with van der Waals surface area (Å²) in [7, 11) is 0.